The minimum absolute atomic E-state index is 0.0267. The van der Waals surface area contributed by atoms with Crippen molar-refractivity contribution in [3.05, 3.63) is 0 Å². The van der Waals surface area contributed by atoms with E-state index in [1.54, 1.807) is 9.80 Å². The number of nitrogens with zero attached hydrogens (tertiary/aromatic N) is 2. The first-order chi connectivity index (χ1) is 9.08. The molecule has 0 bridgehead atoms. The number of amides is 2. The molecule has 19 heavy (non-hydrogen) atoms. The Morgan fingerprint density at radius 3 is 2.84 bits per heavy atom. The molecule has 2 rings (SSSR count). The van der Waals surface area contributed by atoms with Gasteiger partial charge in [0.1, 0.15) is 0 Å². The van der Waals surface area contributed by atoms with E-state index in [0.717, 1.165) is 25.7 Å². The maximum Gasteiger partial charge on any atom is 0.242 e. The molecule has 1 N–H and O–H groups in total. The Hall–Kier alpha value is -1.10. The summed E-state index contributed by atoms with van der Waals surface area (Å²) < 4.78 is 0. The molecule has 5 heteroatoms. The highest BCUT2D eigenvalue weighted by Crippen LogP contribution is 2.18. The minimum Gasteiger partial charge on any atom is -0.391 e. The van der Waals surface area contributed by atoms with Crippen LogP contribution < -0.4 is 0 Å². The molecule has 5 nitrogen and oxygen atoms in total. The van der Waals surface area contributed by atoms with Crippen LogP contribution in [0.2, 0.25) is 0 Å². The number of β-amino-alcohol motifs (C(OH)–C–C–N with tert-alkyl or cyclic N) is 1. The lowest BCUT2D eigenvalue weighted by Gasteiger charge is -2.35. The summed E-state index contributed by atoms with van der Waals surface area (Å²) in [7, 11) is 0. The average molecular weight is 268 g/mol. The summed E-state index contributed by atoms with van der Waals surface area (Å²) >= 11 is 0. The fraction of sp³-hybridized carbons (Fsp3) is 0.857. The highest BCUT2D eigenvalue weighted by Gasteiger charge is 2.29. The molecule has 0 saturated carbocycles. The Morgan fingerprint density at radius 2 is 2.11 bits per heavy atom. The van der Waals surface area contributed by atoms with Crippen LogP contribution in [0.1, 0.15) is 39.0 Å². The zero-order valence-corrected chi connectivity index (χ0v) is 11.7. The van der Waals surface area contributed by atoms with Crippen molar-refractivity contribution in [2.45, 2.75) is 45.1 Å². The summed E-state index contributed by atoms with van der Waals surface area (Å²) in [6, 6.07) is 0. The number of hydrogen-bond acceptors (Lipinski definition) is 3. The lowest BCUT2D eigenvalue weighted by atomic mass is 9.96. The second-order valence-corrected chi connectivity index (χ2v) is 5.80. The molecule has 2 fully saturated rings. The summed E-state index contributed by atoms with van der Waals surface area (Å²) in [4.78, 5) is 27.4. The van der Waals surface area contributed by atoms with Gasteiger partial charge in [-0.25, -0.2) is 0 Å². The summed E-state index contributed by atoms with van der Waals surface area (Å²) in [6.07, 6.45) is 3.95. The van der Waals surface area contributed by atoms with E-state index in [2.05, 4.69) is 0 Å². The van der Waals surface area contributed by atoms with Gasteiger partial charge >= 0.3 is 0 Å². The highest BCUT2D eigenvalue weighted by atomic mass is 16.3. The summed E-state index contributed by atoms with van der Waals surface area (Å²) in [5.74, 6) is 0.321. The van der Waals surface area contributed by atoms with Gasteiger partial charge in [-0.3, -0.25) is 9.59 Å². The van der Waals surface area contributed by atoms with Gasteiger partial charge in [0.15, 0.2) is 0 Å². The molecule has 0 aromatic carbocycles. The largest absolute Gasteiger partial charge is 0.391 e. The van der Waals surface area contributed by atoms with Gasteiger partial charge in [-0.2, -0.15) is 0 Å². The topological polar surface area (TPSA) is 60.9 Å². The first kappa shape index (κ1) is 14.3. The predicted octanol–water partition coefficient (Wildman–Crippen LogP) is 0.618. The monoisotopic (exact) mass is 268 g/mol. The number of piperidine rings is 1. The number of likely N-dealkylation sites (tertiary alicyclic amines) is 2. The lowest BCUT2D eigenvalue weighted by molar-refractivity contribution is -0.142. The summed E-state index contributed by atoms with van der Waals surface area (Å²) in [5.41, 5.74) is 0. The number of rotatable bonds is 2. The van der Waals surface area contributed by atoms with E-state index >= 15 is 0 Å². The number of aliphatic hydroxyl groups excluding tert-OH is 1. The molecule has 2 heterocycles. The molecular formula is C14H24N2O3. The maximum atomic E-state index is 12.2. The van der Waals surface area contributed by atoms with Crippen LogP contribution in [0.15, 0.2) is 0 Å². The Labute approximate surface area is 114 Å². The van der Waals surface area contributed by atoms with Crippen LogP contribution in [0.25, 0.3) is 0 Å². The fourth-order valence-electron chi connectivity index (χ4n) is 2.74. The van der Waals surface area contributed by atoms with Crippen LogP contribution in [-0.2, 0) is 9.59 Å². The number of hydrogen-bond donors (Lipinski definition) is 1. The quantitative estimate of drug-likeness (QED) is 0.798. The van der Waals surface area contributed by atoms with Crippen molar-refractivity contribution in [2.75, 3.05) is 26.2 Å². The van der Waals surface area contributed by atoms with Crippen molar-refractivity contribution in [1.29, 1.82) is 0 Å². The molecule has 2 saturated heterocycles. The van der Waals surface area contributed by atoms with Crippen molar-refractivity contribution >= 4 is 11.8 Å². The Balaban J connectivity index is 1.87. The van der Waals surface area contributed by atoms with Gasteiger partial charge in [0.05, 0.1) is 12.6 Å². The van der Waals surface area contributed by atoms with Crippen molar-refractivity contribution < 1.29 is 14.7 Å². The minimum atomic E-state index is -0.433. The molecular weight excluding hydrogens is 244 g/mol. The molecule has 2 atom stereocenters. The molecule has 0 aliphatic carbocycles. The van der Waals surface area contributed by atoms with Crippen molar-refractivity contribution in [3.8, 4) is 0 Å². The van der Waals surface area contributed by atoms with E-state index in [4.69, 9.17) is 0 Å². The van der Waals surface area contributed by atoms with Crippen LogP contribution in [0.4, 0.5) is 0 Å². The van der Waals surface area contributed by atoms with Gasteiger partial charge < -0.3 is 14.9 Å². The third-order valence-electron chi connectivity index (χ3n) is 4.27. The SMILES string of the molecule is CC1CCN(C(=O)CN2CCCCCC2=O)CC1O. The Bertz CT molecular complexity index is 346. The molecule has 2 amide bonds. The van der Waals surface area contributed by atoms with Gasteiger partial charge in [0, 0.05) is 26.1 Å². The lowest BCUT2D eigenvalue weighted by Crippen LogP contribution is -2.49. The zero-order chi connectivity index (χ0) is 13.8. The van der Waals surface area contributed by atoms with Crippen LogP contribution in [0.5, 0.6) is 0 Å². The second-order valence-electron chi connectivity index (χ2n) is 5.80. The molecule has 108 valence electrons. The maximum absolute atomic E-state index is 12.2. The van der Waals surface area contributed by atoms with E-state index in [1.165, 1.54) is 0 Å². The molecule has 2 aliphatic rings. The number of carbonyl (C=O) groups is 2. The predicted molar refractivity (Wildman–Crippen MR) is 71.4 cm³/mol. The van der Waals surface area contributed by atoms with Crippen molar-refractivity contribution in [1.82, 2.24) is 9.80 Å². The molecule has 0 aromatic heterocycles. The van der Waals surface area contributed by atoms with E-state index in [1.807, 2.05) is 6.92 Å². The zero-order valence-electron chi connectivity index (χ0n) is 11.7. The Kier molecular flexibility index (Phi) is 4.80. The van der Waals surface area contributed by atoms with Gasteiger partial charge in [-0.05, 0) is 25.2 Å². The molecule has 2 unspecified atom stereocenters. The second kappa shape index (κ2) is 6.37. The van der Waals surface area contributed by atoms with Gasteiger partial charge in [0.25, 0.3) is 0 Å². The third-order valence-corrected chi connectivity index (χ3v) is 4.27. The van der Waals surface area contributed by atoms with Crippen LogP contribution in [-0.4, -0.2) is 59.0 Å². The fourth-order valence-corrected chi connectivity index (χ4v) is 2.74. The molecule has 0 aromatic rings. The van der Waals surface area contributed by atoms with E-state index in [-0.39, 0.29) is 24.3 Å². The summed E-state index contributed by atoms with van der Waals surface area (Å²) in [5, 5.41) is 9.83. The first-order valence-corrected chi connectivity index (χ1v) is 7.31. The molecule has 0 radical (unpaired) electrons. The van der Waals surface area contributed by atoms with E-state index < -0.39 is 6.10 Å². The van der Waals surface area contributed by atoms with Gasteiger partial charge in [0.2, 0.25) is 11.8 Å². The van der Waals surface area contributed by atoms with E-state index in [9.17, 15) is 14.7 Å². The highest BCUT2D eigenvalue weighted by molar-refractivity contribution is 5.85. The number of aliphatic hydroxyl groups is 1. The standard InChI is InChI=1S/C14H24N2O3/c1-11-6-8-16(9-12(11)17)14(19)10-15-7-4-2-3-5-13(15)18/h11-12,17H,2-10H2,1H3. The molecule has 0 spiro atoms. The Morgan fingerprint density at radius 1 is 1.32 bits per heavy atom. The van der Waals surface area contributed by atoms with Gasteiger partial charge in [-0.15, -0.1) is 0 Å². The van der Waals surface area contributed by atoms with Crippen molar-refractivity contribution in [2.24, 2.45) is 5.92 Å². The summed E-state index contributed by atoms with van der Waals surface area (Å²) in [6.45, 7) is 3.98. The molecule has 2 aliphatic heterocycles. The van der Waals surface area contributed by atoms with Gasteiger partial charge in [-0.1, -0.05) is 13.3 Å². The average Bonchev–Trinajstić information content (AvgIpc) is 2.58. The third kappa shape index (κ3) is 3.69. The van der Waals surface area contributed by atoms with Crippen LogP contribution in [0.3, 0.4) is 0 Å². The smallest absolute Gasteiger partial charge is 0.242 e. The van der Waals surface area contributed by atoms with E-state index in [0.29, 0.717) is 26.1 Å². The van der Waals surface area contributed by atoms with Crippen LogP contribution >= 0.6 is 0 Å². The number of carbonyl (C=O) groups excluding carboxylic acids is 2. The van der Waals surface area contributed by atoms with Crippen molar-refractivity contribution in [3.63, 3.8) is 0 Å². The van der Waals surface area contributed by atoms with Crippen LogP contribution in [0, 0.1) is 5.92 Å². The normalized spacial score (nSPS) is 29.3. The first-order valence-electron chi connectivity index (χ1n) is 7.31.